The largest absolute Gasteiger partial charge is 0.368 e. The molecule has 0 unspecified atom stereocenters. The summed E-state index contributed by atoms with van der Waals surface area (Å²) in [7, 11) is 0. The number of para-hydroxylation sites is 2. The zero-order chi connectivity index (χ0) is 18.6. The van der Waals surface area contributed by atoms with Crippen LogP contribution in [0.15, 0.2) is 67.0 Å². The van der Waals surface area contributed by atoms with Crippen molar-refractivity contribution in [2.24, 2.45) is 0 Å². The zero-order valence-electron chi connectivity index (χ0n) is 14.8. The Balaban J connectivity index is 1.41. The van der Waals surface area contributed by atoms with Crippen LogP contribution >= 0.6 is 11.6 Å². The summed E-state index contributed by atoms with van der Waals surface area (Å²) >= 11 is 6.08. The van der Waals surface area contributed by atoms with Crippen LogP contribution in [0.1, 0.15) is 0 Å². The number of halogens is 1. The van der Waals surface area contributed by atoms with Crippen LogP contribution in [-0.4, -0.2) is 46.9 Å². The number of benzene rings is 2. The Morgan fingerprint density at radius 2 is 1.81 bits per heavy atom. The second kappa shape index (κ2) is 7.72. The van der Waals surface area contributed by atoms with E-state index in [0.717, 1.165) is 35.2 Å². The molecular weight excluding hydrogens is 362 g/mol. The molecule has 0 radical (unpaired) electrons. The van der Waals surface area contributed by atoms with Crippen LogP contribution in [0.3, 0.4) is 0 Å². The lowest BCUT2D eigenvalue weighted by molar-refractivity contribution is 0.208. The fourth-order valence-corrected chi connectivity index (χ4v) is 3.41. The first-order valence-electron chi connectivity index (χ1n) is 8.86. The minimum Gasteiger partial charge on any atom is -0.368 e. The van der Waals surface area contributed by atoms with Crippen molar-refractivity contribution in [2.75, 3.05) is 36.4 Å². The molecular formula is C20H20ClN5O. The normalized spacial score (nSPS) is 14.3. The molecule has 0 aliphatic carbocycles. The Hall–Kier alpha value is -2.99. The lowest BCUT2D eigenvalue weighted by Crippen LogP contribution is -2.50. The van der Waals surface area contributed by atoms with Crippen LogP contribution in [0.4, 0.5) is 16.2 Å². The smallest absolute Gasteiger partial charge is 0.322 e. The molecule has 1 fully saturated rings. The van der Waals surface area contributed by atoms with E-state index in [-0.39, 0.29) is 6.03 Å². The number of amides is 2. The Morgan fingerprint density at radius 1 is 1.00 bits per heavy atom. The van der Waals surface area contributed by atoms with Crippen molar-refractivity contribution in [3.63, 3.8) is 0 Å². The van der Waals surface area contributed by atoms with E-state index < -0.39 is 0 Å². The number of anilines is 2. The average molecular weight is 382 g/mol. The zero-order valence-corrected chi connectivity index (χ0v) is 15.5. The number of nitrogens with one attached hydrogen (secondary N) is 1. The predicted octanol–water partition coefficient (Wildman–Crippen LogP) is 3.88. The summed E-state index contributed by atoms with van der Waals surface area (Å²) in [5.41, 5.74) is 2.67. The van der Waals surface area contributed by atoms with E-state index >= 15 is 0 Å². The van der Waals surface area contributed by atoms with Crippen molar-refractivity contribution in [2.45, 2.75) is 0 Å². The third-order valence-corrected chi connectivity index (χ3v) is 4.87. The molecule has 2 heterocycles. The van der Waals surface area contributed by atoms with Crippen LogP contribution in [0.5, 0.6) is 0 Å². The predicted molar refractivity (Wildman–Crippen MR) is 108 cm³/mol. The molecule has 0 spiro atoms. The van der Waals surface area contributed by atoms with Gasteiger partial charge >= 0.3 is 6.03 Å². The number of aromatic nitrogens is 2. The molecule has 7 heteroatoms. The van der Waals surface area contributed by atoms with Gasteiger partial charge in [-0.25, -0.2) is 9.48 Å². The number of carbonyl (C=O) groups is 1. The monoisotopic (exact) mass is 381 g/mol. The van der Waals surface area contributed by atoms with Gasteiger partial charge in [-0.3, -0.25) is 0 Å². The molecule has 0 bridgehead atoms. The van der Waals surface area contributed by atoms with Crippen LogP contribution in [0, 0.1) is 0 Å². The quantitative estimate of drug-likeness (QED) is 0.749. The summed E-state index contributed by atoms with van der Waals surface area (Å²) in [5, 5.41) is 8.00. The topological polar surface area (TPSA) is 53.4 Å². The third kappa shape index (κ3) is 3.90. The second-order valence-corrected chi connectivity index (χ2v) is 6.79. The summed E-state index contributed by atoms with van der Waals surface area (Å²) in [6, 6.07) is 17.2. The summed E-state index contributed by atoms with van der Waals surface area (Å²) in [6.07, 6.45) is 3.57. The Kier molecular flexibility index (Phi) is 4.98. The van der Waals surface area contributed by atoms with Crippen LogP contribution < -0.4 is 10.2 Å². The van der Waals surface area contributed by atoms with E-state index in [1.165, 1.54) is 0 Å². The van der Waals surface area contributed by atoms with E-state index in [0.29, 0.717) is 13.1 Å². The molecule has 138 valence electrons. The minimum absolute atomic E-state index is 0.0969. The number of rotatable bonds is 3. The van der Waals surface area contributed by atoms with Crippen molar-refractivity contribution in [1.82, 2.24) is 14.7 Å². The summed E-state index contributed by atoms with van der Waals surface area (Å²) in [4.78, 5) is 16.8. The van der Waals surface area contributed by atoms with Gasteiger partial charge < -0.3 is 15.1 Å². The second-order valence-electron chi connectivity index (χ2n) is 6.35. The van der Waals surface area contributed by atoms with Gasteiger partial charge in [-0.1, -0.05) is 29.8 Å². The van der Waals surface area contributed by atoms with Crippen LogP contribution in [-0.2, 0) is 0 Å². The van der Waals surface area contributed by atoms with Crippen molar-refractivity contribution in [3.8, 4) is 5.69 Å². The Morgan fingerprint density at radius 3 is 2.56 bits per heavy atom. The third-order valence-electron chi connectivity index (χ3n) is 4.64. The van der Waals surface area contributed by atoms with E-state index in [1.807, 2.05) is 65.7 Å². The van der Waals surface area contributed by atoms with Gasteiger partial charge in [0.1, 0.15) is 0 Å². The van der Waals surface area contributed by atoms with Gasteiger partial charge in [-0.2, -0.15) is 5.10 Å². The van der Waals surface area contributed by atoms with Gasteiger partial charge in [0.2, 0.25) is 0 Å². The molecule has 0 atom stereocenters. The molecule has 1 aliphatic rings. The van der Waals surface area contributed by atoms with E-state index in [9.17, 15) is 4.79 Å². The molecule has 27 heavy (non-hydrogen) atoms. The summed E-state index contributed by atoms with van der Waals surface area (Å²) in [6.45, 7) is 2.85. The first kappa shape index (κ1) is 17.4. The molecule has 2 amide bonds. The van der Waals surface area contributed by atoms with E-state index in [2.05, 4.69) is 15.3 Å². The maximum atomic E-state index is 12.7. The molecule has 4 rings (SSSR count). The van der Waals surface area contributed by atoms with Crippen molar-refractivity contribution >= 4 is 29.0 Å². The highest BCUT2D eigenvalue weighted by Crippen LogP contribution is 2.22. The van der Waals surface area contributed by atoms with Crippen LogP contribution in [0.2, 0.25) is 5.02 Å². The number of hydrogen-bond acceptors (Lipinski definition) is 3. The van der Waals surface area contributed by atoms with Gasteiger partial charge in [0, 0.05) is 49.3 Å². The van der Waals surface area contributed by atoms with Gasteiger partial charge in [0.05, 0.1) is 11.4 Å². The average Bonchev–Trinajstić information content (AvgIpc) is 3.23. The number of hydrogen-bond donors (Lipinski definition) is 1. The lowest BCUT2D eigenvalue weighted by atomic mass is 10.2. The molecule has 1 aromatic heterocycles. The fraction of sp³-hybridized carbons (Fsp3) is 0.200. The highest BCUT2D eigenvalue weighted by molar-refractivity contribution is 6.30. The van der Waals surface area contributed by atoms with Gasteiger partial charge in [0.15, 0.2) is 0 Å². The molecule has 0 saturated carbocycles. The Labute approximate surface area is 163 Å². The fourth-order valence-electron chi connectivity index (χ4n) is 3.23. The van der Waals surface area contributed by atoms with Crippen molar-refractivity contribution < 1.29 is 4.79 Å². The number of carbonyl (C=O) groups excluding carboxylic acids is 1. The first-order valence-corrected chi connectivity index (χ1v) is 9.24. The van der Waals surface area contributed by atoms with E-state index in [1.54, 1.807) is 10.9 Å². The molecule has 1 aliphatic heterocycles. The van der Waals surface area contributed by atoms with Crippen LogP contribution in [0.25, 0.3) is 5.69 Å². The standard InChI is InChI=1S/C20H20ClN5O/c21-16-5-3-6-17(15-16)24-11-13-25(14-12-24)20(27)23-18-7-1-2-8-19(18)26-10-4-9-22-26/h1-10,15H,11-14H2,(H,23,27). The maximum absolute atomic E-state index is 12.7. The van der Waals surface area contributed by atoms with Gasteiger partial charge in [0.25, 0.3) is 0 Å². The molecule has 6 nitrogen and oxygen atoms in total. The number of nitrogens with zero attached hydrogens (tertiary/aromatic N) is 4. The first-order chi connectivity index (χ1) is 13.2. The Bertz CT molecular complexity index is 920. The number of urea groups is 1. The molecule has 1 saturated heterocycles. The maximum Gasteiger partial charge on any atom is 0.322 e. The highest BCUT2D eigenvalue weighted by atomic mass is 35.5. The summed E-state index contributed by atoms with van der Waals surface area (Å²) in [5.74, 6) is 0. The minimum atomic E-state index is -0.0969. The van der Waals surface area contributed by atoms with Gasteiger partial charge in [-0.05, 0) is 36.4 Å². The van der Waals surface area contributed by atoms with Crippen molar-refractivity contribution in [3.05, 3.63) is 72.0 Å². The molecule has 3 aromatic rings. The molecule has 1 N–H and O–H groups in total. The lowest BCUT2D eigenvalue weighted by Gasteiger charge is -2.36. The number of piperazine rings is 1. The van der Waals surface area contributed by atoms with Gasteiger partial charge in [-0.15, -0.1) is 0 Å². The highest BCUT2D eigenvalue weighted by Gasteiger charge is 2.22. The molecule has 2 aromatic carbocycles. The van der Waals surface area contributed by atoms with E-state index in [4.69, 9.17) is 11.6 Å². The SMILES string of the molecule is O=C(Nc1ccccc1-n1cccn1)N1CCN(c2cccc(Cl)c2)CC1. The summed E-state index contributed by atoms with van der Waals surface area (Å²) < 4.78 is 1.74. The van der Waals surface area contributed by atoms with Crippen molar-refractivity contribution in [1.29, 1.82) is 0 Å².